The lowest BCUT2D eigenvalue weighted by molar-refractivity contribution is 0.282. The molecule has 48 heavy (non-hydrogen) atoms. The molecule has 0 atom stereocenters. The maximum Gasteiger partial charge on any atom is 0.397 e. The van der Waals surface area contributed by atoms with E-state index in [1.807, 2.05) is 0 Å². The summed E-state index contributed by atoms with van der Waals surface area (Å²) in [5, 5.41) is 35.2. The van der Waals surface area contributed by atoms with E-state index < -0.39 is 108 Å². The van der Waals surface area contributed by atoms with Crippen LogP contribution in [0.1, 0.15) is 0 Å². The van der Waals surface area contributed by atoms with Gasteiger partial charge in [0.15, 0.2) is 19.7 Å². The van der Waals surface area contributed by atoms with Crippen LogP contribution in [-0.4, -0.2) is 90.7 Å². The maximum absolute atomic E-state index is 12.5. The van der Waals surface area contributed by atoms with E-state index in [1.54, 1.807) is 0 Å². The second kappa shape index (κ2) is 14.6. The van der Waals surface area contributed by atoms with Crippen molar-refractivity contribution in [3.63, 3.8) is 0 Å². The van der Waals surface area contributed by atoms with Crippen LogP contribution in [0.4, 0.5) is 22.7 Å². The van der Waals surface area contributed by atoms with Crippen molar-refractivity contribution in [1.82, 2.24) is 0 Å². The SMILES string of the molecule is O=S(=O)(O)OCCS(=O)(=O)c1ccc(/N=N/c2cc(/N=N/c3ccc(S(=O)(=O)CCOS(=O)(=O)O)cc3S(=O)(=O)O)c(O)cc2O)cc1. The summed E-state index contributed by atoms with van der Waals surface area (Å²) < 4.78 is 151. The predicted molar refractivity (Wildman–Crippen MR) is 160 cm³/mol. The number of phenolic OH excluding ortho intramolecular Hbond substituents is 2. The van der Waals surface area contributed by atoms with Crippen LogP contribution in [0.5, 0.6) is 11.5 Å². The zero-order valence-corrected chi connectivity index (χ0v) is 27.6. The average molecular weight is 775 g/mol. The predicted octanol–water partition coefficient (Wildman–Crippen LogP) is 2.36. The second-order valence-electron chi connectivity index (χ2n) is 8.97. The van der Waals surface area contributed by atoms with E-state index in [2.05, 4.69) is 28.8 Å². The molecule has 0 unspecified atom stereocenters. The van der Waals surface area contributed by atoms with Crippen LogP contribution in [0.15, 0.2) is 89.7 Å². The molecule has 0 bridgehead atoms. The van der Waals surface area contributed by atoms with Gasteiger partial charge in [-0.15, -0.1) is 15.3 Å². The van der Waals surface area contributed by atoms with Gasteiger partial charge in [-0.1, -0.05) is 0 Å². The molecule has 3 rings (SSSR count). The van der Waals surface area contributed by atoms with E-state index in [0.717, 1.165) is 36.4 Å². The number of hydrogen-bond acceptors (Lipinski definition) is 18. The minimum absolute atomic E-state index is 0.0520. The Morgan fingerprint density at radius 3 is 1.44 bits per heavy atom. The summed E-state index contributed by atoms with van der Waals surface area (Å²) in [6.07, 6.45) is 0. The summed E-state index contributed by atoms with van der Waals surface area (Å²) in [5.41, 5.74) is -1.34. The molecule has 0 aliphatic carbocycles. The number of phenols is 2. The quantitative estimate of drug-likeness (QED) is 0.109. The Kier molecular flexibility index (Phi) is 11.7. The first-order valence-corrected chi connectivity index (χ1v) is 19.7. The molecule has 26 heteroatoms. The number of aromatic hydroxyl groups is 2. The molecule has 0 spiro atoms. The van der Waals surface area contributed by atoms with Crippen molar-refractivity contribution in [3.05, 3.63) is 54.6 Å². The van der Waals surface area contributed by atoms with Gasteiger partial charge in [-0.25, -0.2) is 25.2 Å². The van der Waals surface area contributed by atoms with Gasteiger partial charge in [-0.2, -0.15) is 30.4 Å². The van der Waals surface area contributed by atoms with Gasteiger partial charge in [-0.3, -0.25) is 13.7 Å². The molecular formula is C22H22N4O17S5. The fraction of sp³-hybridized carbons (Fsp3) is 0.182. The first-order valence-electron chi connectivity index (χ1n) is 12.3. The van der Waals surface area contributed by atoms with Gasteiger partial charge in [0, 0.05) is 12.1 Å². The Labute approximate surface area is 272 Å². The highest BCUT2D eigenvalue weighted by atomic mass is 32.3. The normalized spacial score (nSPS) is 13.4. The van der Waals surface area contributed by atoms with Crippen LogP contribution in [0.2, 0.25) is 0 Å². The van der Waals surface area contributed by atoms with Gasteiger partial charge in [-0.05, 0) is 42.5 Å². The van der Waals surface area contributed by atoms with E-state index in [0.29, 0.717) is 6.07 Å². The van der Waals surface area contributed by atoms with Crippen molar-refractivity contribution in [3.8, 4) is 11.5 Å². The highest BCUT2D eigenvalue weighted by molar-refractivity contribution is 7.92. The number of rotatable bonds is 15. The molecule has 0 aromatic heterocycles. The van der Waals surface area contributed by atoms with Crippen molar-refractivity contribution < 1.29 is 74.3 Å². The molecule has 3 aromatic rings. The lowest BCUT2D eigenvalue weighted by atomic mass is 10.2. The minimum atomic E-state index is -5.15. The fourth-order valence-electron chi connectivity index (χ4n) is 3.37. The summed E-state index contributed by atoms with van der Waals surface area (Å²) in [6.45, 7) is -1.86. The smallest absolute Gasteiger partial charge is 0.397 e. The van der Waals surface area contributed by atoms with Gasteiger partial charge in [0.2, 0.25) is 0 Å². The van der Waals surface area contributed by atoms with Crippen LogP contribution in [-0.2, 0) is 59.0 Å². The number of azo groups is 2. The van der Waals surface area contributed by atoms with Crippen LogP contribution in [0.3, 0.4) is 0 Å². The first-order chi connectivity index (χ1) is 22.0. The molecule has 0 radical (unpaired) electrons. The average Bonchev–Trinajstić information content (AvgIpc) is 2.94. The fourth-order valence-corrected chi connectivity index (χ4v) is 7.09. The third-order valence-electron chi connectivity index (χ3n) is 5.54. The minimum Gasteiger partial charge on any atom is -0.505 e. The number of nitrogens with zero attached hydrogens (tertiary/aromatic N) is 4. The topological polar surface area (TPSA) is 340 Å². The zero-order valence-electron chi connectivity index (χ0n) is 23.5. The number of sulfone groups is 2. The molecular weight excluding hydrogens is 753 g/mol. The van der Waals surface area contributed by atoms with Crippen LogP contribution in [0, 0.1) is 0 Å². The van der Waals surface area contributed by atoms with E-state index in [9.17, 15) is 56.9 Å². The Hall–Kier alpha value is -3.99. The van der Waals surface area contributed by atoms with Gasteiger partial charge in [0.05, 0.1) is 40.2 Å². The lowest BCUT2D eigenvalue weighted by Crippen LogP contribution is -2.16. The first kappa shape index (κ1) is 38.5. The molecule has 21 nitrogen and oxygen atoms in total. The third-order valence-corrected chi connectivity index (χ3v) is 10.7. The largest absolute Gasteiger partial charge is 0.505 e. The van der Waals surface area contributed by atoms with Crippen molar-refractivity contribution >= 4 is 73.3 Å². The van der Waals surface area contributed by atoms with Crippen molar-refractivity contribution in [2.45, 2.75) is 14.7 Å². The van der Waals surface area contributed by atoms with Gasteiger partial charge >= 0.3 is 20.8 Å². The Morgan fingerprint density at radius 2 is 0.958 bits per heavy atom. The Balaban J connectivity index is 1.86. The van der Waals surface area contributed by atoms with E-state index in [4.69, 9.17) is 9.11 Å². The molecule has 3 aromatic carbocycles. The van der Waals surface area contributed by atoms with E-state index in [-0.39, 0.29) is 16.3 Å². The molecule has 0 saturated carbocycles. The molecule has 0 fully saturated rings. The monoisotopic (exact) mass is 774 g/mol. The zero-order chi connectivity index (χ0) is 36.1. The molecule has 0 aliphatic heterocycles. The summed E-state index contributed by atoms with van der Waals surface area (Å²) >= 11 is 0. The molecule has 0 saturated heterocycles. The third kappa shape index (κ3) is 11.3. The summed E-state index contributed by atoms with van der Waals surface area (Å²) in [5.74, 6) is -3.12. The highest BCUT2D eigenvalue weighted by Gasteiger charge is 2.23. The van der Waals surface area contributed by atoms with E-state index >= 15 is 0 Å². The maximum atomic E-state index is 12.5. The summed E-state index contributed by atoms with van der Waals surface area (Å²) in [6, 6.07) is 8.44. The molecule has 0 amide bonds. The molecule has 5 N–H and O–H groups in total. The Bertz CT molecular complexity index is 2310. The number of hydrogen-bond donors (Lipinski definition) is 5. The van der Waals surface area contributed by atoms with Gasteiger partial charge < -0.3 is 10.2 Å². The highest BCUT2D eigenvalue weighted by Crippen LogP contribution is 2.40. The van der Waals surface area contributed by atoms with E-state index in [1.165, 1.54) is 12.1 Å². The van der Waals surface area contributed by atoms with Crippen molar-refractivity contribution in [2.24, 2.45) is 20.5 Å². The van der Waals surface area contributed by atoms with Crippen molar-refractivity contribution in [2.75, 3.05) is 24.7 Å². The van der Waals surface area contributed by atoms with Crippen molar-refractivity contribution in [1.29, 1.82) is 0 Å². The molecule has 262 valence electrons. The summed E-state index contributed by atoms with van der Waals surface area (Å²) in [7, 11) is -23.4. The molecule has 0 heterocycles. The van der Waals surface area contributed by atoms with Crippen LogP contribution >= 0.6 is 0 Å². The second-order valence-corrected chi connectivity index (χ2v) is 16.8. The van der Waals surface area contributed by atoms with Gasteiger partial charge in [0.1, 0.15) is 33.5 Å². The molecule has 0 aliphatic rings. The standard InChI is InChI=1S/C22H22N4O17S5/c27-20-13-21(28)19(12-18(20)25-23-14-1-3-15(4-2-14)44(29,30)9-7-42-47(36,37)38)26-24-17-6-5-16(11-22(17)46(33,34)35)45(31,32)10-8-43-48(39,40)41/h1-6,11-13,27-28H,7-10H2,(H,33,34,35)(H,36,37,38)(H,39,40,41)/b25-23+,26-24+. The van der Waals surface area contributed by atoms with Crippen LogP contribution in [0.25, 0.3) is 0 Å². The Morgan fingerprint density at radius 1 is 0.521 bits per heavy atom. The van der Waals surface area contributed by atoms with Gasteiger partial charge in [0.25, 0.3) is 10.1 Å². The van der Waals surface area contributed by atoms with Crippen LogP contribution < -0.4 is 0 Å². The summed E-state index contributed by atoms with van der Waals surface area (Å²) in [4.78, 5) is -2.02. The number of benzene rings is 3. The lowest BCUT2D eigenvalue weighted by Gasteiger charge is -2.08.